The van der Waals surface area contributed by atoms with E-state index in [0.717, 1.165) is 22.3 Å². The van der Waals surface area contributed by atoms with Crippen molar-refractivity contribution in [2.24, 2.45) is 0 Å². The second-order valence-electron chi connectivity index (χ2n) is 9.62. The van der Waals surface area contributed by atoms with Gasteiger partial charge in [-0.05, 0) is 53.4 Å². The minimum Gasteiger partial charge on any atom is -0.453 e. The Labute approximate surface area is 215 Å². The van der Waals surface area contributed by atoms with Gasteiger partial charge in [-0.25, -0.2) is 9.59 Å². The zero-order valence-corrected chi connectivity index (χ0v) is 20.6. The predicted molar refractivity (Wildman–Crippen MR) is 138 cm³/mol. The van der Waals surface area contributed by atoms with Crippen LogP contribution in [0.5, 0.6) is 0 Å². The van der Waals surface area contributed by atoms with E-state index in [1.165, 1.54) is 0 Å². The molecule has 2 atom stereocenters. The van der Waals surface area contributed by atoms with Crippen molar-refractivity contribution < 1.29 is 23.8 Å². The molecule has 4 aromatic carbocycles. The number of rotatable bonds is 5. The van der Waals surface area contributed by atoms with Gasteiger partial charge in [0.15, 0.2) is 17.8 Å². The number of esters is 2. The number of carbonyl (C=O) groups excluding carboxylic acids is 2. The van der Waals surface area contributed by atoms with E-state index in [4.69, 9.17) is 14.2 Å². The number of hydrogen-bond donors (Lipinski definition) is 0. The molecule has 0 saturated heterocycles. The lowest BCUT2D eigenvalue weighted by atomic mass is 9.51. The molecule has 7 rings (SSSR count). The van der Waals surface area contributed by atoms with Crippen LogP contribution in [0.4, 0.5) is 0 Å². The monoisotopic (exact) mass is 490 g/mol. The van der Waals surface area contributed by atoms with E-state index in [1.807, 2.05) is 60.7 Å². The third-order valence-electron chi connectivity index (χ3n) is 7.83. The van der Waals surface area contributed by atoms with E-state index < -0.39 is 35.2 Å². The summed E-state index contributed by atoms with van der Waals surface area (Å²) in [6.07, 6.45) is -1.79. The lowest BCUT2D eigenvalue weighted by Gasteiger charge is -2.59. The summed E-state index contributed by atoms with van der Waals surface area (Å²) in [7, 11) is 1.61. The minimum absolute atomic E-state index is 0.412. The molecule has 0 heterocycles. The molecule has 3 aliphatic carbocycles. The summed E-state index contributed by atoms with van der Waals surface area (Å²) < 4.78 is 19.0. The molecular formula is C32H26O5. The maximum atomic E-state index is 13.5. The lowest BCUT2D eigenvalue weighted by Crippen LogP contribution is -2.67. The van der Waals surface area contributed by atoms with Gasteiger partial charge in [-0.15, -0.1) is 0 Å². The maximum Gasteiger partial charge on any atom is 0.338 e. The van der Waals surface area contributed by atoms with Gasteiger partial charge in [0, 0.05) is 7.11 Å². The largest absolute Gasteiger partial charge is 0.453 e. The van der Waals surface area contributed by atoms with Gasteiger partial charge in [-0.1, -0.05) is 84.9 Å². The molecule has 5 heteroatoms. The Hall–Kier alpha value is -4.22. The van der Waals surface area contributed by atoms with Crippen molar-refractivity contribution in [1.29, 1.82) is 0 Å². The molecule has 0 N–H and O–H groups in total. The van der Waals surface area contributed by atoms with Crippen molar-refractivity contribution in [3.63, 3.8) is 0 Å². The minimum atomic E-state index is -1.17. The highest BCUT2D eigenvalue weighted by Crippen LogP contribution is 2.61. The fraction of sp³-hybridized carbons (Fsp3) is 0.188. The molecule has 3 aliphatic rings. The van der Waals surface area contributed by atoms with E-state index in [-0.39, 0.29) is 0 Å². The Bertz CT molecular complexity index is 1430. The molecule has 184 valence electrons. The third kappa shape index (κ3) is 3.27. The fourth-order valence-corrected chi connectivity index (χ4v) is 6.11. The summed E-state index contributed by atoms with van der Waals surface area (Å²) >= 11 is 0. The summed E-state index contributed by atoms with van der Waals surface area (Å²) in [5.74, 6) is -0.991. The van der Waals surface area contributed by atoms with Crippen LogP contribution in [0.15, 0.2) is 109 Å². The maximum absolute atomic E-state index is 13.5. The van der Waals surface area contributed by atoms with Crippen LogP contribution in [-0.4, -0.2) is 31.3 Å². The first-order valence-electron chi connectivity index (χ1n) is 12.3. The number of hydrogen-bond acceptors (Lipinski definition) is 5. The van der Waals surface area contributed by atoms with E-state index >= 15 is 0 Å². The van der Waals surface area contributed by atoms with Crippen molar-refractivity contribution in [3.05, 3.63) is 143 Å². The average Bonchev–Trinajstić information content (AvgIpc) is 2.96. The van der Waals surface area contributed by atoms with Gasteiger partial charge in [0.1, 0.15) is 0 Å². The molecule has 2 bridgehead atoms. The topological polar surface area (TPSA) is 61.8 Å². The van der Waals surface area contributed by atoms with Crippen molar-refractivity contribution in [1.82, 2.24) is 0 Å². The van der Waals surface area contributed by atoms with E-state index in [2.05, 4.69) is 6.92 Å². The van der Waals surface area contributed by atoms with Gasteiger partial charge in [0.2, 0.25) is 0 Å². The quantitative estimate of drug-likeness (QED) is 0.338. The first-order chi connectivity index (χ1) is 18.0. The molecule has 0 aromatic heterocycles. The van der Waals surface area contributed by atoms with Crippen LogP contribution >= 0.6 is 0 Å². The number of ether oxygens (including phenoxy) is 3. The average molecular weight is 491 g/mol. The molecule has 0 aliphatic heterocycles. The Morgan fingerprint density at radius 1 is 0.568 bits per heavy atom. The molecule has 5 nitrogen and oxygen atoms in total. The lowest BCUT2D eigenvalue weighted by molar-refractivity contribution is -0.167. The molecule has 0 saturated carbocycles. The molecule has 4 aromatic rings. The zero-order chi connectivity index (χ0) is 25.6. The second kappa shape index (κ2) is 8.71. The van der Waals surface area contributed by atoms with Crippen molar-refractivity contribution in [3.8, 4) is 0 Å². The molecular weight excluding hydrogens is 464 g/mol. The molecule has 0 amide bonds. The fourth-order valence-electron chi connectivity index (χ4n) is 6.11. The highest BCUT2D eigenvalue weighted by molar-refractivity contribution is 5.91. The number of fused-ring (bicyclic) bond motifs is 1. The van der Waals surface area contributed by atoms with Crippen LogP contribution in [0.3, 0.4) is 0 Å². The highest BCUT2D eigenvalue weighted by Gasteiger charge is 2.68. The summed E-state index contributed by atoms with van der Waals surface area (Å²) in [4.78, 5) is 26.9. The number of carbonyl (C=O) groups is 2. The molecule has 2 unspecified atom stereocenters. The van der Waals surface area contributed by atoms with Gasteiger partial charge < -0.3 is 14.2 Å². The SMILES string of the molecule is COC12c3ccccc3C(C)(c3ccccc31)C(OC(=O)c1ccccc1)C2OC(=O)c1ccccc1. The molecule has 37 heavy (non-hydrogen) atoms. The Kier molecular flexibility index (Phi) is 5.46. The Morgan fingerprint density at radius 3 is 1.38 bits per heavy atom. The molecule has 0 fully saturated rings. The van der Waals surface area contributed by atoms with Crippen molar-refractivity contribution in [2.45, 2.75) is 30.1 Å². The van der Waals surface area contributed by atoms with Crippen LogP contribution in [0.2, 0.25) is 0 Å². The predicted octanol–water partition coefficient (Wildman–Crippen LogP) is 5.66. The standard InChI is InChI=1S/C32H26O5/c1-31-23-17-9-11-19-25(23)32(35-2,26-20-12-10-18-24(26)31)28(37-30(34)22-15-7-4-8-16-22)27(31)36-29(33)21-13-5-3-6-14-21/h3-20,27-28H,1-2H3. The van der Waals surface area contributed by atoms with Crippen molar-refractivity contribution in [2.75, 3.05) is 7.11 Å². The van der Waals surface area contributed by atoms with Gasteiger partial charge in [-0.2, -0.15) is 0 Å². The smallest absolute Gasteiger partial charge is 0.338 e. The van der Waals surface area contributed by atoms with Crippen LogP contribution in [0.1, 0.15) is 49.9 Å². The van der Waals surface area contributed by atoms with E-state index in [9.17, 15) is 9.59 Å². The van der Waals surface area contributed by atoms with Crippen LogP contribution in [0, 0.1) is 0 Å². The Balaban J connectivity index is 1.57. The van der Waals surface area contributed by atoms with Gasteiger partial charge >= 0.3 is 11.9 Å². The first kappa shape index (κ1) is 23.2. The van der Waals surface area contributed by atoms with Gasteiger partial charge in [0.05, 0.1) is 16.5 Å². The molecule has 0 radical (unpaired) electrons. The van der Waals surface area contributed by atoms with Crippen molar-refractivity contribution >= 4 is 11.9 Å². The summed E-state index contributed by atoms with van der Waals surface area (Å²) in [6.45, 7) is 2.05. The van der Waals surface area contributed by atoms with Crippen LogP contribution < -0.4 is 0 Å². The highest BCUT2D eigenvalue weighted by atomic mass is 16.6. The number of methoxy groups -OCH3 is 1. The van der Waals surface area contributed by atoms with Crippen LogP contribution in [0.25, 0.3) is 0 Å². The molecule has 0 spiro atoms. The third-order valence-corrected chi connectivity index (χ3v) is 7.83. The second-order valence-corrected chi connectivity index (χ2v) is 9.62. The van der Waals surface area contributed by atoms with Crippen LogP contribution in [-0.2, 0) is 25.2 Å². The van der Waals surface area contributed by atoms with Gasteiger partial charge in [-0.3, -0.25) is 0 Å². The summed E-state index contributed by atoms with van der Waals surface area (Å²) in [5.41, 5.74) is 2.63. The van der Waals surface area contributed by atoms with Gasteiger partial charge in [0.25, 0.3) is 0 Å². The first-order valence-corrected chi connectivity index (χ1v) is 12.3. The normalized spacial score (nSPS) is 25.0. The Morgan fingerprint density at radius 2 is 0.946 bits per heavy atom. The van der Waals surface area contributed by atoms with E-state index in [1.54, 1.807) is 55.6 Å². The summed E-state index contributed by atoms with van der Waals surface area (Å²) in [6, 6.07) is 33.6. The van der Waals surface area contributed by atoms with E-state index in [0.29, 0.717) is 11.1 Å². The number of benzene rings is 4. The summed E-state index contributed by atoms with van der Waals surface area (Å²) in [5, 5.41) is 0. The zero-order valence-electron chi connectivity index (χ0n) is 20.6.